The van der Waals surface area contributed by atoms with E-state index in [2.05, 4.69) is 41.0 Å². The fraction of sp³-hybridized carbons (Fsp3) is 0.241. The van der Waals surface area contributed by atoms with Crippen LogP contribution in [0.25, 0.3) is 0 Å². The van der Waals surface area contributed by atoms with Gasteiger partial charge >= 0.3 is 5.97 Å². The molecule has 1 fully saturated rings. The minimum atomic E-state index is -3.64. The average molecular weight is 517 g/mol. The number of aromatic nitrogens is 2. The number of rotatable bonds is 9. The molecule has 1 aliphatic carbocycles. The third-order valence-electron chi connectivity index (χ3n) is 7.02. The second-order valence-corrected chi connectivity index (χ2v) is 10.9. The van der Waals surface area contributed by atoms with E-state index < -0.39 is 27.5 Å². The predicted molar refractivity (Wildman–Crippen MR) is 139 cm³/mol. The zero-order valence-corrected chi connectivity index (χ0v) is 21.4. The fourth-order valence-corrected chi connectivity index (χ4v) is 5.73. The molecule has 3 atom stereocenters. The summed E-state index contributed by atoms with van der Waals surface area (Å²) in [7, 11) is -2.32. The maximum Gasteiger partial charge on any atom is 0.309 e. The first-order valence-electron chi connectivity index (χ1n) is 12.0. The number of carbonyl (C=O) groups is 1. The van der Waals surface area contributed by atoms with Crippen molar-refractivity contribution in [2.45, 2.75) is 11.5 Å². The number of hydrogen-bond acceptors (Lipinski definition) is 6. The highest BCUT2D eigenvalue weighted by Crippen LogP contribution is 2.55. The zero-order chi connectivity index (χ0) is 26.0. The summed E-state index contributed by atoms with van der Waals surface area (Å²) in [5.74, 6) is -1.57. The molecule has 1 heterocycles. The van der Waals surface area contributed by atoms with Crippen LogP contribution in [0.3, 0.4) is 0 Å². The van der Waals surface area contributed by atoms with Gasteiger partial charge in [0.2, 0.25) is 0 Å². The molecular weight excluding hydrogens is 488 g/mol. The number of imidazole rings is 1. The van der Waals surface area contributed by atoms with Crippen molar-refractivity contribution in [1.82, 2.24) is 9.55 Å². The van der Waals surface area contributed by atoms with Crippen LogP contribution >= 0.6 is 0 Å². The molecule has 0 amide bonds. The largest absolute Gasteiger partial charge is 0.469 e. The normalized spacial score (nSPS) is 19.4. The van der Waals surface area contributed by atoms with Gasteiger partial charge in [-0.05, 0) is 16.7 Å². The van der Waals surface area contributed by atoms with Crippen LogP contribution in [-0.2, 0) is 29.4 Å². The lowest BCUT2D eigenvalue weighted by Crippen LogP contribution is -2.36. The molecule has 1 aliphatic rings. The van der Waals surface area contributed by atoms with Gasteiger partial charge in [-0.3, -0.25) is 8.98 Å². The highest BCUT2D eigenvalue weighted by Gasteiger charge is 2.58. The summed E-state index contributed by atoms with van der Waals surface area (Å²) in [4.78, 5) is 17.2. The van der Waals surface area contributed by atoms with Gasteiger partial charge in [-0.1, -0.05) is 91.0 Å². The molecule has 8 heteroatoms. The second-order valence-electron chi connectivity index (χ2n) is 9.24. The highest BCUT2D eigenvalue weighted by molar-refractivity contribution is 7.85. The van der Waals surface area contributed by atoms with Crippen molar-refractivity contribution >= 4 is 16.1 Å². The second kappa shape index (κ2) is 9.95. The van der Waals surface area contributed by atoms with Crippen molar-refractivity contribution in [3.63, 3.8) is 0 Å². The number of methoxy groups -OCH3 is 1. The topological polar surface area (TPSA) is 87.5 Å². The molecule has 5 rings (SSSR count). The molecule has 190 valence electrons. The van der Waals surface area contributed by atoms with Crippen molar-refractivity contribution in [1.29, 1.82) is 0 Å². The standard InChI is InChI=1S/C29H28N2O5S/c1-35-28(32)27-24(19-36-37(2,33)34)26(27)25-18-31(20-30-25)29(21-12-6-3-7-13-21,22-14-8-4-9-15-22)23-16-10-5-11-17-23/h3-18,20,24,26-27H,19H2,1-2H3. The van der Waals surface area contributed by atoms with Gasteiger partial charge in [0.25, 0.3) is 10.1 Å². The first-order chi connectivity index (χ1) is 17.9. The summed E-state index contributed by atoms with van der Waals surface area (Å²) in [5, 5.41) is 0. The molecule has 3 unspecified atom stereocenters. The van der Waals surface area contributed by atoms with E-state index in [1.807, 2.05) is 60.8 Å². The van der Waals surface area contributed by atoms with Gasteiger partial charge in [0.15, 0.2) is 0 Å². The van der Waals surface area contributed by atoms with Gasteiger partial charge in [-0.15, -0.1) is 0 Å². The summed E-state index contributed by atoms with van der Waals surface area (Å²) in [6, 6.07) is 30.6. The van der Waals surface area contributed by atoms with Gasteiger partial charge in [0, 0.05) is 18.0 Å². The third kappa shape index (κ3) is 4.70. The predicted octanol–water partition coefficient (Wildman–Crippen LogP) is 4.20. The zero-order valence-electron chi connectivity index (χ0n) is 20.6. The Kier molecular flexibility index (Phi) is 6.70. The number of nitrogens with zero attached hydrogens (tertiary/aromatic N) is 2. The Balaban J connectivity index is 1.64. The molecule has 7 nitrogen and oxygen atoms in total. The Bertz CT molecular complexity index is 1370. The number of benzene rings is 3. The Labute approximate surface area is 216 Å². The van der Waals surface area contributed by atoms with E-state index >= 15 is 0 Å². The fourth-order valence-electron chi connectivity index (χ4n) is 5.32. The van der Waals surface area contributed by atoms with Crippen LogP contribution in [0.4, 0.5) is 0 Å². The molecule has 0 saturated heterocycles. The maximum atomic E-state index is 12.5. The molecule has 3 aromatic carbocycles. The van der Waals surface area contributed by atoms with E-state index in [1.165, 1.54) is 7.11 Å². The van der Waals surface area contributed by atoms with E-state index in [9.17, 15) is 13.2 Å². The van der Waals surface area contributed by atoms with Gasteiger partial charge in [-0.25, -0.2) is 4.98 Å². The molecule has 1 saturated carbocycles. The number of hydrogen-bond donors (Lipinski definition) is 0. The molecule has 4 aromatic rings. The molecule has 0 N–H and O–H groups in total. The Morgan fingerprint density at radius 2 is 1.38 bits per heavy atom. The highest BCUT2D eigenvalue weighted by atomic mass is 32.2. The monoisotopic (exact) mass is 516 g/mol. The maximum absolute atomic E-state index is 12.5. The van der Waals surface area contributed by atoms with Crippen LogP contribution in [0.1, 0.15) is 28.3 Å². The molecule has 1 aromatic heterocycles. The van der Waals surface area contributed by atoms with Gasteiger partial charge < -0.3 is 9.30 Å². The van der Waals surface area contributed by atoms with Crippen molar-refractivity contribution in [3.8, 4) is 0 Å². The number of ether oxygens (including phenoxy) is 1. The van der Waals surface area contributed by atoms with Crippen LogP contribution in [0.2, 0.25) is 0 Å². The summed E-state index contributed by atoms with van der Waals surface area (Å²) >= 11 is 0. The quantitative estimate of drug-likeness (QED) is 0.188. The van der Waals surface area contributed by atoms with Crippen LogP contribution in [-0.4, -0.2) is 43.9 Å². The number of carbonyl (C=O) groups excluding carboxylic acids is 1. The first kappa shape index (κ1) is 24.9. The number of esters is 1. The Morgan fingerprint density at radius 3 is 1.81 bits per heavy atom. The Hall–Kier alpha value is -3.75. The molecule has 0 bridgehead atoms. The summed E-state index contributed by atoms with van der Waals surface area (Å²) < 4.78 is 35.3. The molecule has 0 aliphatic heterocycles. The van der Waals surface area contributed by atoms with Crippen LogP contribution in [0.5, 0.6) is 0 Å². The lowest BCUT2D eigenvalue weighted by molar-refractivity contribution is -0.142. The van der Waals surface area contributed by atoms with Crippen molar-refractivity contribution in [3.05, 3.63) is 126 Å². The molecule has 0 spiro atoms. The lowest BCUT2D eigenvalue weighted by atomic mass is 9.77. The molecular formula is C29H28N2O5S. The lowest BCUT2D eigenvalue weighted by Gasteiger charge is -2.37. The van der Waals surface area contributed by atoms with E-state index in [1.54, 1.807) is 6.33 Å². The first-order valence-corrected chi connectivity index (χ1v) is 13.8. The third-order valence-corrected chi connectivity index (χ3v) is 7.59. The summed E-state index contributed by atoms with van der Waals surface area (Å²) in [6.45, 7) is -0.0999. The molecule has 37 heavy (non-hydrogen) atoms. The Morgan fingerprint density at radius 1 is 0.892 bits per heavy atom. The summed E-state index contributed by atoms with van der Waals surface area (Å²) in [6.07, 6.45) is 4.73. The smallest absolute Gasteiger partial charge is 0.309 e. The average Bonchev–Trinajstić information content (AvgIpc) is 3.45. The van der Waals surface area contributed by atoms with E-state index in [4.69, 9.17) is 13.9 Å². The minimum absolute atomic E-state index is 0.0999. The van der Waals surface area contributed by atoms with Crippen molar-refractivity contribution in [2.75, 3.05) is 20.0 Å². The van der Waals surface area contributed by atoms with Crippen LogP contribution in [0, 0.1) is 11.8 Å². The van der Waals surface area contributed by atoms with Crippen molar-refractivity contribution in [2.24, 2.45) is 11.8 Å². The van der Waals surface area contributed by atoms with Crippen LogP contribution in [0.15, 0.2) is 104 Å². The van der Waals surface area contributed by atoms with E-state index in [0.717, 1.165) is 22.9 Å². The van der Waals surface area contributed by atoms with E-state index in [0.29, 0.717) is 5.69 Å². The van der Waals surface area contributed by atoms with Crippen LogP contribution < -0.4 is 0 Å². The van der Waals surface area contributed by atoms with Gasteiger partial charge in [0.1, 0.15) is 5.54 Å². The van der Waals surface area contributed by atoms with E-state index in [-0.39, 0.29) is 18.4 Å². The minimum Gasteiger partial charge on any atom is -0.469 e. The van der Waals surface area contributed by atoms with Gasteiger partial charge in [0.05, 0.1) is 37.9 Å². The summed E-state index contributed by atoms with van der Waals surface area (Å²) in [5.41, 5.74) is 3.10. The SMILES string of the molecule is COC(=O)C1C(COS(C)(=O)=O)C1c1cn(C(c2ccccc2)(c2ccccc2)c2ccccc2)cn1. The van der Waals surface area contributed by atoms with Gasteiger partial charge in [-0.2, -0.15) is 8.42 Å². The molecule has 0 radical (unpaired) electrons. The van der Waals surface area contributed by atoms with Crippen molar-refractivity contribution < 1.29 is 22.1 Å².